The van der Waals surface area contributed by atoms with Gasteiger partial charge in [0, 0.05) is 35.1 Å². The highest BCUT2D eigenvalue weighted by atomic mass is 19.1. The van der Waals surface area contributed by atoms with Crippen LogP contribution in [0.25, 0.3) is 0 Å². The van der Waals surface area contributed by atoms with Crippen LogP contribution in [0, 0.1) is 19.7 Å². The molecule has 116 valence electrons. The normalized spacial score (nSPS) is 14.3. The Morgan fingerprint density at radius 3 is 2.73 bits per heavy atom. The third-order valence-corrected chi connectivity index (χ3v) is 4.26. The molecule has 0 radical (unpaired) electrons. The molecule has 2 aromatic rings. The molecular weight excluding hydrogens is 279 g/mol. The Kier molecular flexibility index (Phi) is 4.12. The number of carbonyl (C=O) groups is 1. The largest absolute Gasteiger partial charge is 0.345 e. The van der Waals surface area contributed by atoms with Crippen LogP contribution in [0.4, 0.5) is 4.39 Å². The van der Waals surface area contributed by atoms with Crippen molar-refractivity contribution in [3.63, 3.8) is 0 Å². The maximum absolute atomic E-state index is 13.5. The van der Waals surface area contributed by atoms with E-state index in [0.29, 0.717) is 18.2 Å². The zero-order valence-electron chi connectivity index (χ0n) is 13.0. The molecule has 1 aromatic heterocycles. The van der Waals surface area contributed by atoms with Crippen LogP contribution in [0.15, 0.2) is 30.3 Å². The van der Waals surface area contributed by atoms with Gasteiger partial charge in [0.1, 0.15) is 5.82 Å². The fourth-order valence-corrected chi connectivity index (χ4v) is 3.00. The van der Waals surface area contributed by atoms with Crippen LogP contribution in [0.3, 0.4) is 0 Å². The fraction of sp³-hybridized carbons (Fsp3) is 0.389. The molecule has 0 spiro atoms. The molecular formula is C18H21FN2O. The maximum atomic E-state index is 13.5. The van der Waals surface area contributed by atoms with Crippen LogP contribution >= 0.6 is 0 Å². The average molecular weight is 300 g/mol. The summed E-state index contributed by atoms with van der Waals surface area (Å²) in [5.74, 6) is -0.175. The first-order valence-corrected chi connectivity index (χ1v) is 7.73. The number of aryl methyl sites for hydroxylation is 1. The summed E-state index contributed by atoms with van der Waals surface area (Å²) in [6.45, 7) is 4.65. The molecule has 1 fully saturated rings. The highest BCUT2D eigenvalue weighted by Gasteiger charge is 2.28. The molecule has 0 bridgehead atoms. The fourth-order valence-electron chi connectivity index (χ4n) is 3.00. The van der Waals surface area contributed by atoms with Gasteiger partial charge in [0.2, 0.25) is 0 Å². The van der Waals surface area contributed by atoms with Crippen molar-refractivity contribution in [2.24, 2.45) is 0 Å². The van der Waals surface area contributed by atoms with Gasteiger partial charge in [-0.2, -0.15) is 0 Å². The first kappa shape index (κ1) is 15.0. The molecule has 1 aliphatic carbocycles. The van der Waals surface area contributed by atoms with Gasteiger partial charge in [0.05, 0.1) is 6.54 Å². The molecule has 0 atom stereocenters. The molecule has 1 aromatic carbocycles. The molecule has 22 heavy (non-hydrogen) atoms. The Morgan fingerprint density at radius 2 is 2.05 bits per heavy atom. The third kappa shape index (κ3) is 2.97. The number of nitrogens with one attached hydrogen (secondary N) is 1. The standard InChI is InChI=1S/C18H21FN2O/c1-12-9-16(13(2)21(12)15-7-8-15)18(22)11-20-10-14-5-3-4-6-17(14)19/h3-6,9,15,20H,7-8,10-11H2,1-2H3. The maximum Gasteiger partial charge on any atom is 0.178 e. The van der Waals surface area contributed by atoms with E-state index in [1.165, 1.54) is 18.9 Å². The second kappa shape index (κ2) is 6.05. The number of ketones is 1. The highest BCUT2D eigenvalue weighted by molar-refractivity contribution is 5.99. The lowest BCUT2D eigenvalue weighted by molar-refractivity contribution is 0.0990. The summed E-state index contributed by atoms with van der Waals surface area (Å²) in [7, 11) is 0. The topological polar surface area (TPSA) is 34.0 Å². The van der Waals surface area contributed by atoms with Crippen molar-refractivity contribution in [2.75, 3.05) is 6.54 Å². The van der Waals surface area contributed by atoms with Gasteiger partial charge >= 0.3 is 0 Å². The molecule has 0 amide bonds. The van der Waals surface area contributed by atoms with Crippen LogP contribution in [-0.2, 0) is 6.54 Å². The Balaban J connectivity index is 1.63. The highest BCUT2D eigenvalue weighted by Crippen LogP contribution is 2.38. The summed E-state index contributed by atoms with van der Waals surface area (Å²) in [5.41, 5.74) is 3.57. The minimum absolute atomic E-state index is 0.0661. The van der Waals surface area contributed by atoms with Gasteiger partial charge < -0.3 is 9.88 Å². The lowest BCUT2D eigenvalue weighted by atomic mass is 10.1. The van der Waals surface area contributed by atoms with Crippen molar-refractivity contribution in [2.45, 2.75) is 39.3 Å². The van der Waals surface area contributed by atoms with E-state index in [2.05, 4.69) is 16.8 Å². The smallest absolute Gasteiger partial charge is 0.178 e. The summed E-state index contributed by atoms with van der Waals surface area (Å²) in [6, 6.07) is 9.17. The predicted molar refractivity (Wildman–Crippen MR) is 84.6 cm³/mol. The van der Waals surface area contributed by atoms with Crippen LogP contribution in [0.5, 0.6) is 0 Å². The summed E-state index contributed by atoms with van der Waals surface area (Å²) >= 11 is 0. The van der Waals surface area contributed by atoms with Crippen LogP contribution in [-0.4, -0.2) is 16.9 Å². The summed E-state index contributed by atoms with van der Waals surface area (Å²) in [4.78, 5) is 12.4. The molecule has 1 saturated carbocycles. The van der Waals surface area contributed by atoms with Crippen molar-refractivity contribution >= 4 is 5.78 Å². The Bertz CT molecular complexity index is 701. The van der Waals surface area contributed by atoms with E-state index in [1.54, 1.807) is 18.2 Å². The number of benzene rings is 1. The second-order valence-electron chi connectivity index (χ2n) is 6.00. The van der Waals surface area contributed by atoms with Crippen LogP contribution < -0.4 is 5.32 Å². The summed E-state index contributed by atoms with van der Waals surface area (Å²) in [6.07, 6.45) is 2.41. The Morgan fingerprint density at radius 1 is 1.32 bits per heavy atom. The van der Waals surface area contributed by atoms with Crippen molar-refractivity contribution in [1.82, 2.24) is 9.88 Å². The third-order valence-electron chi connectivity index (χ3n) is 4.26. The van der Waals surface area contributed by atoms with Crippen LogP contribution in [0.2, 0.25) is 0 Å². The average Bonchev–Trinajstić information content (AvgIpc) is 3.27. The van der Waals surface area contributed by atoms with Gasteiger partial charge in [-0.25, -0.2) is 4.39 Å². The number of Topliss-reactive ketones (excluding diaryl/α,β-unsaturated/α-hetero) is 1. The summed E-state index contributed by atoms with van der Waals surface area (Å²) in [5, 5.41) is 3.04. The van der Waals surface area contributed by atoms with E-state index >= 15 is 0 Å². The molecule has 1 N–H and O–H groups in total. The van der Waals surface area contributed by atoms with E-state index in [-0.39, 0.29) is 18.1 Å². The van der Waals surface area contributed by atoms with Crippen molar-refractivity contribution in [3.8, 4) is 0 Å². The van der Waals surface area contributed by atoms with E-state index in [0.717, 1.165) is 17.0 Å². The second-order valence-corrected chi connectivity index (χ2v) is 6.00. The molecule has 0 unspecified atom stereocenters. The zero-order valence-corrected chi connectivity index (χ0v) is 13.0. The monoisotopic (exact) mass is 300 g/mol. The van der Waals surface area contributed by atoms with E-state index in [1.807, 2.05) is 13.0 Å². The van der Waals surface area contributed by atoms with Crippen LogP contribution in [0.1, 0.15) is 46.2 Å². The number of halogens is 1. The Labute approximate surface area is 130 Å². The summed E-state index contributed by atoms with van der Waals surface area (Å²) < 4.78 is 15.8. The van der Waals surface area contributed by atoms with Crippen molar-refractivity contribution in [1.29, 1.82) is 0 Å². The molecule has 1 aliphatic rings. The van der Waals surface area contributed by atoms with Gasteiger partial charge in [-0.15, -0.1) is 0 Å². The molecule has 0 saturated heterocycles. The number of hydrogen-bond donors (Lipinski definition) is 1. The number of nitrogens with zero attached hydrogens (tertiary/aromatic N) is 1. The van der Waals surface area contributed by atoms with Gasteiger partial charge in [0.25, 0.3) is 0 Å². The number of rotatable bonds is 6. The first-order valence-electron chi connectivity index (χ1n) is 7.73. The quantitative estimate of drug-likeness (QED) is 0.828. The van der Waals surface area contributed by atoms with Gasteiger partial charge in [-0.3, -0.25) is 4.79 Å². The van der Waals surface area contributed by atoms with E-state index in [9.17, 15) is 9.18 Å². The minimum Gasteiger partial charge on any atom is -0.345 e. The Hall–Kier alpha value is -1.94. The van der Waals surface area contributed by atoms with E-state index in [4.69, 9.17) is 0 Å². The predicted octanol–water partition coefficient (Wildman–Crippen LogP) is 3.55. The lowest BCUT2D eigenvalue weighted by Crippen LogP contribution is -2.23. The number of hydrogen-bond acceptors (Lipinski definition) is 2. The van der Waals surface area contributed by atoms with E-state index < -0.39 is 0 Å². The van der Waals surface area contributed by atoms with Crippen molar-refractivity contribution < 1.29 is 9.18 Å². The lowest BCUT2D eigenvalue weighted by Gasteiger charge is -2.08. The molecule has 1 heterocycles. The SMILES string of the molecule is Cc1cc(C(=O)CNCc2ccccc2F)c(C)n1C1CC1. The molecule has 0 aliphatic heterocycles. The molecule has 3 rings (SSSR count). The van der Waals surface area contributed by atoms with Gasteiger partial charge in [0.15, 0.2) is 5.78 Å². The van der Waals surface area contributed by atoms with Crippen molar-refractivity contribution in [3.05, 3.63) is 58.7 Å². The van der Waals surface area contributed by atoms with Gasteiger partial charge in [-0.1, -0.05) is 18.2 Å². The molecule has 4 heteroatoms. The zero-order chi connectivity index (χ0) is 15.7. The molecule has 3 nitrogen and oxygen atoms in total. The number of aromatic nitrogens is 1. The number of carbonyl (C=O) groups excluding carboxylic acids is 1. The first-order chi connectivity index (χ1) is 10.6. The van der Waals surface area contributed by atoms with Gasteiger partial charge in [-0.05, 0) is 38.8 Å². The minimum atomic E-state index is -0.241.